The molecule has 0 saturated carbocycles. The van der Waals surface area contributed by atoms with E-state index in [-0.39, 0.29) is 12.5 Å². The fourth-order valence-electron chi connectivity index (χ4n) is 2.25. The Kier molecular flexibility index (Phi) is 4.06. The van der Waals surface area contributed by atoms with Gasteiger partial charge in [0.05, 0.1) is 12.2 Å². The van der Waals surface area contributed by atoms with Gasteiger partial charge in [-0.1, -0.05) is 11.6 Å². The summed E-state index contributed by atoms with van der Waals surface area (Å²) in [5.74, 6) is 1.23. The van der Waals surface area contributed by atoms with Gasteiger partial charge in [0.25, 0.3) is 5.91 Å². The molecule has 0 aromatic heterocycles. The normalized spacial score (nSPS) is 13.5. The molecule has 3 rings (SSSR count). The highest BCUT2D eigenvalue weighted by molar-refractivity contribution is 6.30. The molecule has 0 unspecified atom stereocenters. The van der Waals surface area contributed by atoms with E-state index in [0.717, 1.165) is 0 Å². The van der Waals surface area contributed by atoms with Gasteiger partial charge in [-0.3, -0.25) is 4.79 Å². The van der Waals surface area contributed by atoms with Gasteiger partial charge in [-0.15, -0.1) is 0 Å². The molecule has 0 aliphatic carbocycles. The zero-order valence-electron chi connectivity index (χ0n) is 11.8. The number of carbonyl (C=O) groups excluding carboxylic acids is 1. The molecule has 1 aliphatic heterocycles. The van der Waals surface area contributed by atoms with Crippen LogP contribution in [-0.2, 0) is 4.79 Å². The molecule has 1 amide bonds. The van der Waals surface area contributed by atoms with Crippen molar-refractivity contribution in [3.8, 4) is 11.5 Å². The molecule has 114 valence electrons. The summed E-state index contributed by atoms with van der Waals surface area (Å²) in [5, 5.41) is 0.655. The molecule has 2 aromatic rings. The summed E-state index contributed by atoms with van der Waals surface area (Å²) < 4.78 is 11.0. The second kappa shape index (κ2) is 6.15. The van der Waals surface area contributed by atoms with Crippen molar-refractivity contribution in [3.63, 3.8) is 0 Å². The van der Waals surface area contributed by atoms with Crippen molar-refractivity contribution >= 4 is 28.9 Å². The molecule has 2 N–H and O–H groups in total. The van der Waals surface area contributed by atoms with Crippen molar-refractivity contribution in [2.24, 2.45) is 0 Å². The van der Waals surface area contributed by atoms with E-state index in [1.807, 2.05) is 0 Å². The van der Waals surface area contributed by atoms with Gasteiger partial charge in [0.1, 0.15) is 18.1 Å². The number of ether oxygens (including phenoxy) is 2. The van der Waals surface area contributed by atoms with E-state index < -0.39 is 0 Å². The van der Waals surface area contributed by atoms with Crippen LogP contribution in [0.2, 0.25) is 5.02 Å². The van der Waals surface area contributed by atoms with Crippen molar-refractivity contribution in [2.75, 3.05) is 30.4 Å². The van der Waals surface area contributed by atoms with Crippen molar-refractivity contribution in [1.29, 1.82) is 0 Å². The zero-order chi connectivity index (χ0) is 15.5. The lowest BCUT2D eigenvalue weighted by Gasteiger charge is -2.29. The second-order valence-electron chi connectivity index (χ2n) is 4.86. The highest BCUT2D eigenvalue weighted by Gasteiger charge is 2.25. The Labute approximate surface area is 133 Å². The van der Waals surface area contributed by atoms with Crippen molar-refractivity contribution < 1.29 is 14.3 Å². The summed E-state index contributed by atoms with van der Waals surface area (Å²) in [6.07, 6.45) is 0. The summed E-state index contributed by atoms with van der Waals surface area (Å²) in [6.45, 7) is 0.816. The van der Waals surface area contributed by atoms with Crippen LogP contribution in [0.4, 0.5) is 11.4 Å². The molecule has 0 radical (unpaired) electrons. The summed E-state index contributed by atoms with van der Waals surface area (Å²) in [4.78, 5) is 13.7. The number of nitrogen functional groups attached to an aromatic ring is 1. The van der Waals surface area contributed by atoms with Crippen LogP contribution in [0.15, 0.2) is 42.5 Å². The van der Waals surface area contributed by atoms with Crippen LogP contribution in [0, 0.1) is 0 Å². The number of amides is 1. The van der Waals surface area contributed by atoms with Crippen molar-refractivity contribution in [1.82, 2.24) is 0 Å². The predicted molar refractivity (Wildman–Crippen MR) is 85.6 cm³/mol. The van der Waals surface area contributed by atoms with Crippen LogP contribution < -0.4 is 20.1 Å². The van der Waals surface area contributed by atoms with Crippen molar-refractivity contribution in [3.05, 3.63) is 47.5 Å². The maximum absolute atomic E-state index is 12.0. The van der Waals surface area contributed by atoms with Gasteiger partial charge in [-0.25, -0.2) is 0 Å². The number of hydrogen-bond acceptors (Lipinski definition) is 4. The van der Waals surface area contributed by atoms with Gasteiger partial charge >= 0.3 is 0 Å². The van der Waals surface area contributed by atoms with E-state index in [9.17, 15) is 4.79 Å². The van der Waals surface area contributed by atoms with Crippen molar-refractivity contribution in [2.45, 2.75) is 0 Å². The first-order chi connectivity index (χ1) is 10.6. The Hall–Kier alpha value is -2.40. The van der Waals surface area contributed by atoms with Gasteiger partial charge in [-0.05, 0) is 36.4 Å². The minimum Gasteiger partial charge on any atom is -0.492 e. The first-order valence-electron chi connectivity index (χ1n) is 6.84. The molecular formula is C16H15ClN2O3. The van der Waals surface area contributed by atoms with Crippen LogP contribution in [0.3, 0.4) is 0 Å². The quantitative estimate of drug-likeness (QED) is 0.880. The maximum atomic E-state index is 12.0. The topological polar surface area (TPSA) is 64.8 Å². The van der Waals surface area contributed by atoms with E-state index in [1.54, 1.807) is 47.4 Å². The Bertz CT molecular complexity index is 688. The third-order valence-electron chi connectivity index (χ3n) is 3.32. The number of nitrogens with two attached hydrogens (primary N) is 1. The SMILES string of the molecule is Nc1ccc2c(c1)OCC(=O)N2CCOc1ccc(Cl)cc1. The molecule has 1 aliphatic rings. The van der Waals surface area contributed by atoms with E-state index in [1.165, 1.54) is 0 Å². The lowest BCUT2D eigenvalue weighted by atomic mass is 10.2. The summed E-state index contributed by atoms with van der Waals surface area (Å²) in [6, 6.07) is 12.3. The highest BCUT2D eigenvalue weighted by Crippen LogP contribution is 2.33. The van der Waals surface area contributed by atoms with Crippen LogP contribution in [0.1, 0.15) is 0 Å². The van der Waals surface area contributed by atoms with Gasteiger partial charge < -0.3 is 20.1 Å². The average Bonchev–Trinajstić information content (AvgIpc) is 2.51. The zero-order valence-corrected chi connectivity index (χ0v) is 12.5. The Balaban J connectivity index is 1.67. The van der Waals surface area contributed by atoms with Gasteiger partial charge in [0.2, 0.25) is 0 Å². The number of nitrogens with zero attached hydrogens (tertiary/aromatic N) is 1. The Morgan fingerprint density at radius 1 is 1.23 bits per heavy atom. The molecule has 22 heavy (non-hydrogen) atoms. The van der Waals surface area contributed by atoms with Crippen LogP contribution in [0.25, 0.3) is 0 Å². The van der Waals surface area contributed by atoms with E-state index in [4.69, 9.17) is 26.8 Å². The second-order valence-corrected chi connectivity index (χ2v) is 5.30. The molecule has 5 nitrogen and oxygen atoms in total. The number of fused-ring (bicyclic) bond motifs is 1. The number of hydrogen-bond donors (Lipinski definition) is 1. The first-order valence-corrected chi connectivity index (χ1v) is 7.22. The first kappa shape index (κ1) is 14.5. The fraction of sp³-hybridized carbons (Fsp3) is 0.188. The minimum absolute atomic E-state index is 0.0113. The summed E-state index contributed by atoms with van der Waals surface area (Å²) in [7, 11) is 0. The summed E-state index contributed by atoms with van der Waals surface area (Å²) in [5.41, 5.74) is 7.05. The molecule has 1 heterocycles. The summed E-state index contributed by atoms with van der Waals surface area (Å²) >= 11 is 5.82. The van der Waals surface area contributed by atoms with Gasteiger partial charge in [0.15, 0.2) is 6.61 Å². The molecule has 0 fully saturated rings. The lowest BCUT2D eigenvalue weighted by molar-refractivity contribution is -0.121. The van der Waals surface area contributed by atoms with Gasteiger partial charge in [-0.2, -0.15) is 0 Å². The number of anilines is 2. The standard InChI is InChI=1S/C16H15ClN2O3/c17-11-1-4-13(5-2-11)21-8-7-19-14-6-3-12(18)9-15(14)22-10-16(19)20/h1-6,9H,7-8,10,18H2. The third-order valence-corrected chi connectivity index (χ3v) is 3.58. The lowest BCUT2D eigenvalue weighted by Crippen LogP contribution is -2.41. The largest absolute Gasteiger partial charge is 0.492 e. The minimum atomic E-state index is -0.100. The number of benzene rings is 2. The molecule has 2 aromatic carbocycles. The monoisotopic (exact) mass is 318 g/mol. The number of rotatable bonds is 4. The fourth-order valence-corrected chi connectivity index (χ4v) is 2.38. The maximum Gasteiger partial charge on any atom is 0.265 e. The predicted octanol–water partition coefficient (Wildman–Crippen LogP) is 2.73. The number of carbonyl (C=O) groups is 1. The van der Waals surface area contributed by atoms with E-state index in [0.29, 0.717) is 41.0 Å². The van der Waals surface area contributed by atoms with Crippen LogP contribution >= 0.6 is 11.6 Å². The molecule has 0 bridgehead atoms. The molecular weight excluding hydrogens is 304 g/mol. The highest BCUT2D eigenvalue weighted by atomic mass is 35.5. The molecule has 0 spiro atoms. The van der Waals surface area contributed by atoms with Crippen LogP contribution in [-0.4, -0.2) is 25.7 Å². The number of halogens is 1. The molecule has 0 saturated heterocycles. The van der Waals surface area contributed by atoms with E-state index >= 15 is 0 Å². The average molecular weight is 319 g/mol. The molecule has 0 atom stereocenters. The van der Waals surface area contributed by atoms with Gasteiger partial charge in [0, 0.05) is 16.8 Å². The Morgan fingerprint density at radius 2 is 2.00 bits per heavy atom. The van der Waals surface area contributed by atoms with Crippen LogP contribution in [0.5, 0.6) is 11.5 Å². The molecule has 6 heteroatoms. The third kappa shape index (κ3) is 3.09. The van der Waals surface area contributed by atoms with E-state index in [2.05, 4.69) is 0 Å². The smallest absolute Gasteiger partial charge is 0.265 e. The Morgan fingerprint density at radius 3 is 2.77 bits per heavy atom.